The van der Waals surface area contributed by atoms with Crippen LogP contribution >= 0.6 is 11.3 Å². The summed E-state index contributed by atoms with van der Waals surface area (Å²) in [7, 11) is -3.96. The van der Waals surface area contributed by atoms with Crippen LogP contribution in [0, 0.1) is 12.7 Å². The van der Waals surface area contributed by atoms with Crippen LogP contribution in [0.3, 0.4) is 0 Å². The third-order valence-electron chi connectivity index (χ3n) is 2.91. The standard InChI is InChI=1S/C13H15FN2O2S2/c1-8-5-11(15)6-12(13(8)14)20(17,18)16-9(2)10-3-4-19-7-10/h3-7,9,16H,15H2,1-2H3. The molecule has 0 saturated carbocycles. The molecule has 0 aliphatic rings. The van der Waals surface area contributed by atoms with Gasteiger partial charge in [0.05, 0.1) is 0 Å². The third kappa shape index (κ3) is 3.00. The summed E-state index contributed by atoms with van der Waals surface area (Å²) in [4.78, 5) is -0.419. The molecular weight excluding hydrogens is 299 g/mol. The number of halogens is 1. The monoisotopic (exact) mass is 314 g/mol. The van der Waals surface area contributed by atoms with Crippen molar-refractivity contribution in [3.63, 3.8) is 0 Å². The zero-order valence-electron chi connectivity index (χ0n) is 11.1. The quantitative estimate of drug-likeness (QED) is 0.852. The molecular formula is C13H15FN2O2S2. The predicted octanol–water partition coefficient (Wildman–Crippen LogP) is 2.82. The molecule has 0 radical (unpaired) electrons. The fourth-order valence-electron chi connectivity index (χ4n) is 1.85. The highest BCUT2D eigenvalue weighted by molar-refractivity contribution is 7.89. The second-order valence-electron chi connectivity index (χ2n) is 4.55. The van der Waals surface area contributed by atoms with Crippen LogP contribution < -0.4 is 10.5 Å². The summed E-state index contributed by atoms with van der Waals surface area (Å²) in [6.07, 6.45) is 0. The largest absolute Gasteiger partial charge is 0.399 e. The lowest BCUT2D eigenvalue weighted by Crippen LogP contribution is -2.27. The normalized spacial score (nSPS) is 13.3. The molecule has 1 aromatic carbocycles. The van der Waals surface area contributed by atoms with Gasteiger partial charge in [0.2, 0.25) is 10.0 Å². The van der Waals surface area contributed by atoms with E-state index in [9.17, 15) is 12.8 Å². The van der Waals surface area contributed by atoms with E-state index in [-0.39, 0.29) is 11.3 Å². The Bertz CT molecular complexity index is 712. The van der Waals surface area contributed by atoms with Gasteiger partial charge in [0.15, 0.2) is 0 Å². The van der Waals surface area contributed by atoms with Gasteiger partial charge in [0, 0.05) is 11.7 Å². The molecule has 2 aromatic rings. The third-order valence-corrected chi connectivity index (χ3v) is 5.15. The first-order chi connectivity index (χ1) is 9.31. The summed E-state index contributed by atoms with van der Waals surface area (Å²) in [6, 6.07) is 3.91. The van der Waals surface area contributed by atoms with Crippen LogP contribution in [0.5, 0.6) is 0 Å². The van der Waals surface area contributed by atoms with E-state index in [0.717, 1.165) is 11.6 Å². The SMILES string of the molecule is Cc1cc(N)cc(S(=O)(=O)NC(C)c2ccsc2)c1F. The number of thiophene rings is 1. The van der Waals surface area contributed by atoms with Crippen molar-refractivity contribution in [2.45, 2.75) is 24.8 Å². The highest BCUT2D eigenvalue weighted by Crippen LogP contribution is 2.24. The van der Waals surface area contributed by atoms with Crippen LogP contribution in [0.4, 0.5) is 10.1 Å². The maximum Gasteiger partial charge on any atom is 0.244 e. The molecule has 4 nitrogen and oxygen atoms in total. The molecule has 20 heavy (non-hydrogen) atoms. The lowest BCUT2D eigenvalue weighted by Gasteiger charge is -2.14. The van der Waals surface area contributed by atoms with Crippen LogP contribution in [0.2, 0.25) is 0 Å². The first kappa shape index (κ1) is 15.0. The maximum absolute atomic E-state index is 14.0. The van der Waals surface area contributed by atoms with Gasteiger partial charge < -0.3 is 5.73 Å². The second kappa shape index (κ2) is 5.51. The van der Waals surface area contributed by atoms with Gasteiger partial charge in [-0.1, -0.05) is 0 Å². The van der Waals surface area contributed by atoms with Crippen LogP contribution in [-0.2, 0) is 10.0 Å². The van der Waals surface area contributed by atoms with Crippen molar-refractivity contribution in [3.8, 4) is 0 Å². The topological polar surface area (TPSA) is 72.2 Å². The van der Waals surface area contributed by atoms with Crippen molar-refractivity contribution in [1.29, 1.82) is 0 Å². The van der Waals surface area contributed by atoms with Gasteiger partial charge >= 0.3 is 0 Å². The minimum absolute atomic E-state index is 0.202. The highest BCUT2D eigenvalue weighted by atomic mass is 32.2. The van der Waals surface area contributed by atoms with E-state index in [1.54, 1.807) is 6.92 Å². The molecule has 3 N–H and O–H groups in total. The lowest BCUT2D eigenvalue weighted by atomic mass is 10.2. The molecule has 0 aliphatic carbocycles. The van der Waals surface area contributed by atoms with Crippen molar-refractivity contribution in [2.75, 3.05) is 5.73 Å². The number of sulfonamides is 1. The van der Waals surface area contributed by atoms with Gasteiger partial charge in [-0.05, 0) is 53.9 Å². The van der Waals surface area contributed by atoms with Crippen molar-refractivity contribution in [2.24, 2.45) is 0 Å². The second-order valence-corrected chi connectivity index (χ2v) is 7.01. The number of anilines is 1. The number of hydrogen-bond acceptors (Lipinski definition) is 4. The first-order valence-corrected chi connectivity index (χ1v) is 8.34. The van der Waals surface area contributed by atoms with Gasteiger partial charge in [-0.3, -0.25) is 0 Å². The summed E-state index contributed by atoms with van der Waals surface area (Å²) in [5, 5.41) is 3.69. The van der Waals surface area contributed by atoms with Crippen molar-refractivity contribution < 1.29 is 12.8 Å². The smallest absolute Gasteiger partial charge is 0.244 e. The lowest BCUT2D eigenvalue weighted by molar-refractivity contribution is 0.544. The first-order valence-electron chi connectivity index (χ1n) is 5.91. The molecule has 0 spiro atoms. The van der Waals surface area contributed by atoms with Gasteiger partial charge in [0.25, 0.3) is 0 Å². The Hall–Kier alpha value is -1.44. The van der Waals surface area contributed by atoms with E-state index in [1.807, 2.05) is 16.8 Å². The van der Waals surface area contributed by atoms with Gasteiger partial charge in [-0.25, -0.2) is 17.5 Å². The van der Waals surface area contributed by atoms with Crippen LogP contribution in [0.25, 0.3) is 0 Å². The molecule has 0 bridgehead atoms. The van der Waals surface area contributed by atoms with E-state index >= 15 is 0 Å². The average Bonchev–Trinajstić information content (AvgIpc) is 2.86. The Morgan fingerprint density at radius 2 is 2.10 bits per heavy atom. The Kier molecular flexibility index (Phi) is 4.12. The number of nitrogen functional groups attached to an aromatic ring is 1. The molecule has 0 amide bonds. The summed E-state index contributed by atoms with van der Waals surface area (Å²) in [6.45, 7) is 3.18. The molecule has 0 fully saturated rings. The predicted molar refractivity (Wildman–Crippen MR) is 78.6 cm³/mol. The molecule has 0 saturated heterocycles. The van der Waals surface area contributed by atoms with E-state index in [1.165, 1.54) is 24.3 Å². The van der Waals surface area contributed by atoms with Crippen molar-refractivity contribution in [1.82, 2.24) is 4.72 Å². The molecule has 1 atom stereocenters. The van der Waals surface area contributed by atoms with E-state index < -0.39 is 26.8 Å². The maximum atomic E-state index is 14.0. The van der Waals surface area contributed by atoms with E-state index in [2.05, 4.69) is 4.72 Å². The van der Waals surface area contributed by atoms with Gasteiger partial charge in [0.1, 0.15) is 10.7 Å². The van der Waals surface area contributed by atoms with Crippen LogP contribution in [-0.4, -0.2) is 8.42 Å². The fraction of sp³-hybridized carbons (Fsp3) is 0.231. The summed E-state index contributed by atoms with van der Waals surface area (Å²) < 4.78 is 41.0. The Labute approximate surface area is 121 Å². The zero-order valence-corrected chi connectivity index (χ0v) is 12.7. The Morgan fingerprint density at radius 1 is 1.40 bits per heavy atom. The molecule has 108 valence electrons. The molecule has 7 heteroatoms. The minimum Gasteiger partial charge on any atom is -0.399 e. The molecule has 1 unspecified atom stereocenters. The van der Waals surface area contributed by atoms with E-state index in [4.69, 9.17) is 5.73 Å². The number of hydrogen-bond donors (Lipinski definition) is 2. The van der Waals surface area contributed by atoms with Crippen molar-refractivity contribution >= 4 is 27.0 Å². The van der Waals surface area contributed by atoms with Gasteiger partial charge in [-0.15, -0.1) is 0 Å². The molecule has 1 heterocycles. The number of nitrogens with one attached hydrogen (secondary N) is 1. The van der Waals surface area contributed by atoms with Crippen molar-refractivity contribution in [3.05, 3.63) is 45.9 Å². The van der Waals surface area contributed by atoms with E-state index in [0.29, 0.717) is 0 Å². The summed E-state index contributed by atoms with van der Waals surface area (Å²) in [5.74, 6) is -0.774. The zero-order chi connectivity index (χ0) is 14.9. The molecule has 1 aromatic heterocycles. The summed E-state index contributed by atoms with van der Waals surface area (Å²) in [5.41, 5.74) is 6.84. The Morgan fingerprint density at radius 3 is 2.70 bits per heavy atom. The highest BCUT2D eigenvalue weighted by Gasteiger charge is 2.23. The number of rotatable bonds is 4. The number of benzene rings is 1. The van der Waals surface area contributed by atoms with Crippen LogP contribution in [0.15, 0.2) is 33.9 Å². The average molecular weight is 314 g/mol. The van der Waals surface area contributed by atoms with Gasteiger partial charge in [-0.2, -0.15) is 11.3 Å². The molecule has 0 aliphatic heterocycles. The van der Waals surface area contributed by atoms with Crippen LogP contribution in [0.1, 0.15) is 24.1 Å². The summed E-state index contributed by atoms with van der Waals surface area (Å²) >= 11 is 1.47. The fourth-order valence-corrected chi connectivity index (χ4v) is 4.02. The molecule has 2 rings (SSSR count). The Balaban J connectivity index is 2.36. The minimum atomic E-state index is -3.96. The number of aryl methyl sites for hydroxylation is 1. The number of nitrogens with two attached hydrogens (primary N) is 1.